The smallest absolute Gasteiger partial charge is 0.234 e. The second-order valence-electron chi connectivity index (χ2n) is 8.13. The fourth-order valence-electron chi connectivity index (χ4n) is 4.25. The number of benzene rings is 2. The van der Waals surface area contributed by atoms with Gasteiger partial charge in [0.05, 0.1) is 30.9 Å². The summed E-state index contributed by atoms with van der Waals surface area (Å²) in [5, 5.41) is 0. The van der Waals surface area contributed by atoms with Crippen LogP contribution in [0.25, 0.3) is 5.69 Å². The number of amides is 1. The van der Waals surface area contributed by atoms with Crippen LogP contribution in [0, 0.1) is 18.7 Å². The molecule has 3 aromatic rings. The van der Waals surface area contributed by atoms with Crippen LogP contribution in [0.5, 0.6) is 5.75 Å². The number of carbonyl (C=O) groups excluding carboxylic acids is 2. The van der Waals surface area contributed by atoms with Crippen molar-refractivity contribution in [3.63, 3.8) is 0 Å². The third kappa shape index (κ3) is 4.15. The maximum Gasteiger partial charge on any atom is 0.234 e. The number of imidazole rings is 1. The lowest BCUT2D eigenvalue weighted by molar-refractivity contribution is -0.138. The van der Waals surface area contributed by atoms with Gasteiger partial charge in [-0.15, -0.1) is 0 Å². The number of methoxy groups -OCH3 is 1. The number of hydrogen-bond acceptors (Lipinski definition) is 4. The highest BCUT2D eigenvalue weighted by Gasteiger charge is 2.37. The van der Waals surface area contributed by atoms with Crippen LogP contribution >= 0.6 is 0 Å². The molecule has 6 nitrogen and oxygen atoms in total. The van der Waals surface area contributed by atoms with Crippen LogP contribution in [0.4, 0.5) is 4.39 Å². The summed E-state index contributed by atoms with van der Waals surface area (Å²) >= 11 is 0. The Morgan fingerprint density at radius 3 is 2.62 bits per heavy atom. The van der Waals surface area contributed by atoms with Gasteiger partial charge >= 0.3 is 0 Å². The zero-order chi connectivity index (χ0) is 22.8. The molecule has 2 heterocycles. The Labute approximate surface area is 186 Å². The minimum atomic E-state index is -0.738. The molecule has 32 heavy (non-hydrogen) atoms. The van der Waals surface area contributed by atoms with E-state index >= 15 is 0 Å². The zero-order valence-electron chi connectivity index (χ0n) is 18.4. The molecule has 1 unspecified atom stereocenters. The molecule has 0 spiro atoms. The molecule has 0 radical (unpaired) electrons. The first kappa shape index (κ1) is 21.7. The quantitative estimate of drug-likeness (QED) is 0.422. The molecule has 0 aliphatic carbocycles. The number of nitrogens with zero attached hydrogens (tertiary/aromatic N) is 3. The lowest BCUT2D eigenvalue weighted by Gasteiger charge is -2.36. The predicted octanol–water partition coefficient (Wildman–Crippen LogP) is 4.51. The topological polar surface area (TPSA) is 64.4 Å². The van der Waals surface area contributed by atoms with Crippen molar-refractivity contribution in [1.29, 1.82) is 0 Å². The highest BCUT2D eigenvalue weighted by Crippen LogP contribution is 2.31. The number of Topliss-reactive ketones (excluding diaryl/α,β-unsaturated/α-hetero) is 1. The normalized spacial score (nSPS) is 17.3. The Balaban J connectivity index is 1.57. The lowest BCUT2D eigenvalue weighted by atomic mass is 9.87. The second-order valence-corrected chi connectivity index (χ2v) is 8.13. The number of likely N-dealkylation sites (tertiary alicyclic amines) is 1. The molecular formula is C25H26FN3O3. The van der Waals surface area contributed by atoms with Gasteiger partial charge < -0.3 is 14.2 Å². The van der Waals surface area contributed by atoms with Gasteiger partial charge in [0, 0.05) is 18.3 Å². The van der Waals surface area contributed by atoms with Gasteiger partial charge in [-0.3, -0.25) is 9.59 Å². The van der Waals surface area contributed by atoms with Crippen LogP contribution in [-0.2, 0) is 4.79 Å². The number of piperidine rings is 1. The first-order valence-electron chi connectivity index (χ1n) is 10.7. The van der Waals surface area contributed by atoms with Crippen LogP contribution in [0.2, 0.25) is 0 Å². The van der Waals surface area contributed by atoms with Crippen LogP contribution in [0.15, 0.2) is 55.0 Å². The van der Waals surface area contributed by atoms with E-state index in [0.29, 0.717) is 24.3 Å². The molecule has 7 heteroatoms. The summed E-state index contributed by atoms with van der Waals surface area (Å²) in [6, 6.07) is 11.1. The fraction of sp³-hybridized carbons (Fsp3) is 0.320. The molecule has 1 fully saturated rings. The van der Waals surface area contributed by atoms with Gasteiger partial charge in [-0.1, -0.05) is 12.1 Å². The summed E-state index contributed by atoms with van der Waals surface area (Å²) < 4.78 is 20.6. The van der Waals surface area contributed by atoms with E-state index < -0.39 is 5.92 Å². The molecule has 0 bridgehead atoms. The average molecular weight is 435 g/mol. The largest absolute Gasteiger partial charge is 0.495 e. The van der Waals surface area contributed by atoms with E-state index in [4.69, 9.17) is 4.74 Å². The summed E-state index contributed by atoms with van der Waals surface area (Å²) in [6.07, 6.45) is 4.80. The van der Waals surface area contributed by atoms with Crippen LogP contribution in [0.3, 0.4) is 0 Å². The lowest BCUT2D eigenvalue weighted by Crippen LogP contribution is -2.45. The summed E-state index contributed by atoms with van der Waals surface area (Å²) in [7, 11) is 1.55. The zero-order valence-corrected chi connectivity index (χ0v) is 18.4. The van der Waals surface area contributed by atoms with Crippen molar-refractivity contribution < 1.29 is 18.7 Å². The number of rotatable bonds is 6. The molecule has 1 amide bonds. The van der Waals surface area contributed by atoms with Crippen molar-refractivity contribution in [2.24, 2.45) is 5.92 Å². The summed E-state index contributed by atoms with van der Waals surface area (Å²) in [5.74, 6) is -0.919. The van der Waals surface area contributed by atoms with Crippen molar-refractivity contribution >= 4 is 11.7 Å². The van der Waals surface area contributed by atoms with Gasteiger partial charge in [-0.2, -0.15) is 0 Å². The van der Waals surface area contributed by atoms with Gasteiger partial charge in [-0.05, 0) is 62.6 Å². The Hall–Kier alpha value is -3.48. The molecule has 2 aromatic carbocycles. The molecule has 1 saturated heterocycles. The van der Waals surface area contributed by atoms with E-state index in [-0.39, 0.29) is 23.5 Å². The van der Waals surface area contributed by atoms with Gasteiger partial charge in [-0.25, -0.2) is 9.37 Å². The van der Waals surface area contributed by atoms with E-state index in [0.717, 1.165) is 23.4 Å². The molecule has 1 aliphatic heterocycles. The van der Waals surface area contributed by atoms with E-state index in [9.17, 15) is 14.0 Å². The minimum absolute atomic E-state index is 0.189. The Morgan fingerprint density at radius 1 is 1.22 bits per heavy atom. The SMILES string of the molecule is COc1cc(C(=O)C2CCCN([C@@H](C)c3ccc(F)cc3)C2=O)ccc1-n1cnc(C)c1. The third-order valence-corrected chi connectivity index (χ3v) is 6.06. The fourth-order valence-corrected chi connectivity index (χ4v) is 4.25. The van der Waals surface area contributed by atoms with Gasteiger partial charge in [0.2, 0.25) is 5.91 Å². The van der Waals surface area contributed by atoms with Crippen molar-refractivity contribution in [1.82, 2.24) is 14.5 Å². The van der Waals surface area contributed by atoms with Gasteiger partial charge in [0.1, 0.15) is 17.5 Å². The van der Waals surface area contributed by atoms with Crippen molar-refractivity contribution in [2.75, 3.05) is 13.7 Å². The van der Waals surface area contributed by atoms with Crippen molar-refractivity contribution in [3.05, 3.63) is 77.6 Å². The molecular weight excluding hydrogens is 409 g/mol. The summed E-state index contributed by atoms with van der Waals surface area (Å²) in [5.41, 5.74) is 2.92. The number of hydrogen-bond donors (Lipinski definition) is 0. The van der Waals surface area contributed by atoms with E-state index in [1.165, 1.54) is 12.1 Å². The number of halogens is 1. The molecule has 1 aliphatic rings. The summed E-state index contributed by atoms with van der Waals surface area (Å²) in [6.45, 7) is 4.38. The van der Waals surface area contributed by atoms with Crippen LogP contribution in [-0.4, -0.2) is 39.8 Å². The standard InChI is InChI=1S/C25H26FN3O3/c1-16-14-28(15-27-16)22-11-8-19(13-23(22)32-3)24(30)21-5-4-12-29(25(21)31)17(2)18-6-9-20(26)10-7-18/h6-11,13-15,17,21H,4-5,12H2,1-3H3/t17-,21?/m0/s1. The van der Waals surface area contributed by atoms with Crippen LogP contribution < -0.4 is 4.74 Å². The minimum Gasteiger partial charge on any atom is -0.495 e. The number of aryl methyl sites for hydroxylation is 1. The second kappa shape index (κ2) is 8.94. The predicted molar refractivity (Wildman–Crippen MR) is 118 cm³/mol. The van der Waals surface area contributed by atoms with Crippen molar-refractivity contribution in [2.45, 2.75) is 32.7 Å². The van der Waals surface area contributed by atoms with Gasteiger partial charge in [0.25, 0.3) is 0 Å². The monoisotopic (exact) mass is 435 g/mol. The number of ether oxygens (including phenoxy) is 1. The maximum atomic E-state index is 13.3. The van der Waals surface area contributed by atoms with E-state index in [1.807, 2.05) is 24.6 Å². The maximum absolute atomic E-state index is 13.3. The molecule has 0 saturated carbocycles. The average Bonchev–Trinajstić information content (AvgIpc) is 3.24. The Kier molecular flexibility index (Phi) is 6.08. The number of ketones is 1. The molecule has 4 rings (SSSR count). The molecule has 1 aromatic heterocycles. The number of aromatic nitrogens is 2. The van der Waals surface area contributed by atoms with Crippen LogP contribution in [0.1, 0.15) is 47.4 Å². The third-order valence-electron chi connectivity index (χ3n) is 6.06. The first-order chi connectivity index (χ1) is 15.4. The highest BCUT2D eigenvalue weighted by atomic mass is 19.1. The molecule has 0 N–H and O–H groups in total. The van der Waals surface area contributed by atoms with E-state index in [1.54, 1.807) is 48.7 Å². The Bertz CT molecular complexity index is 1140. The highest BCUT2D eigenvalue weighted by molar-refractivity contribution is 6.10. The van der Waals surface area contributed by atoms with Gasteiger partial charge in [0.15, 0.2) is 5.78 Å². The first-order valence-corrected chi connectivity index (χ1v) is 10.7. The Morgan fingerprint density at radius 2 is 1.97 bits per heavy atom. The molecule has 2 atom stereocenters. The summed E-state index contributed by atoms with van der Waals surface area (Å²) in [4.78, 5) is 32.5. The van der Waals surface area contributed by atoms with E-state index in [2.05, 4.69) is 4.98 Å². The molecule has 166 valence electrons. The van der Waals surface area contributed by atoms with Crippen molar-refractivity contribution in [3.8, 4) is 11.4 Å². The number of carbonyl (C=O) groups is 2.